The predicted molar refractivity (Wildman–Crippen MR) is 76.0 cm³/mol. The zero-order valence-corrected chi connectivity index (χ0v) is 11.8. The molecule has 1 amide bonds. The fourth-order valence-electron chi connectivity index (χ4n) is 3.71. The monoisotopic (exact) mass is 294 g/mol. The summed E-state index contributed by atoms with van der Waals surface area (Å²) in [6.07, 6.45) is 0.839. The van der Waals surface area contributed by atoms with Crippen LogP contribution in [0.2, 0.25) is 0 Å². The summed E-state index contributed by atoms with van der Waals surface area (Å²) in [4.78, 5) is 13.6. The Morgan fingerprint density at radius 1 is 1.19 bits per heavy atom. The van der Waals surface area contributed by atoms with Crippen molar-refractivity contribution >= 4 is 5.91 Å². The van der Waals surface area contributed by atoms with Crippen molar-refractivity contribution in [3.8, 4) is 0 Å². The molecule has 1 aromatic carbocycles. The second-order valence-corrected chi connectivity index (χ2v) is 6.02. The summed E-state index contributed by atoms with van der Waals surface area (Å²) >= 11 is 0. The standard InChI is InChI=1S/C16H20F2N2O/c17-15(18)16(21)19-12-8-13-6-7-14(9-12)20(13)10-11-4-2-1-3-5-11/h1-5,12-15H,6-10H2,(H,19,21). The Bertz CT molecular complexity index is 480. The van der Waals surface area contributed by atoms with Gasteiger partial charge in [-0.05, 0) is 31.2 Å². The highest BCUT2D eigenvalue weighted by molar-refractivity contribution is 5.79. The topological polar surface area (TPSA) is 32.3 Å². The Kier molecular flexibility index (Phi) is 4.19. The average molecular weight is 294 g/mol. The van der Waals surface area contributed by atoms with Gasteiger partial charge >= 0.3 is 6.43 Å². The number of hydrogen-bond donors (Lipinski definition) is 1. The van der Waals surface area contributed by atoms with Crippen LogP contribution in [0.4, 0.5) is 8.78 Å². The van der Waals surface area contributed by atoms with Crippen LogP contribution in [0, 0.1) is 0 Å². The summed E-state index contributed by atoms with van der Waals surface area (Å²) < 4.78 is 24.7. The summed E-state index contributed by atoms with van der Waals surface area (Å²) in [6, 6.07) is 11.0. The molecule has 0 aromatic heterocycles. The van der Waals surface area contributed by atoms with E-state index in [1.54, 1.807) is 0 Å². The lowest BCUT2D eigenvalue weighted by Gasteiger charge is -2.39. The van der Waals surface area contributed by atoms with Gasteiger partial charge in [-0.15, -0.1) is 0 Å². The summed E-state index contributed by atoms with van der Waals surface area (Å²) in [5, 5.41) is 2.49. The number of amides is 1. The zero-order chi connectivity index (χ0) is 14.8. The first-order valence-electron chi connectivity index (χ1n) is 7.51. The Labute approximate surface area is 123 Å². The molecule has 0 radical (unpaired) electrons. The minimum atomic E-state index is -2.91. The van der Waals surface area contributed by atoms with E-state index in [1.165, 1.54) is 5.56 Å². The Morgan fingerprint density at radius 2 is 1.81 bits per heavy atom. The first-order valence-corrected chi connectivity index (χ1v) is 7.51. The van der Waals surface area contributed by atoms with Crippen LogP contribution >= 0.6 is 0 Å². The second kappa shape index (κ2) is 6.10. The molecule has 2 bridgehead atoms. The van der Waals surface area contributed by atoms with Crippen molar-refractivity contribution in [2.45, 2.75) is 56.8 Å². The van der Waals surface area contributed by atoms with E-state index >= 15 is 0 Å². The van der Waals surface area contributed by atoms with Gasteiger partial charge in [-0.1, -0.05) is 30.3 Å². The summed E-state index contributed by atoms with van der Waals surface area (Å²) in [6.45, 7) is 0.908. The zero-order valence-electron chi connectivity index (χ0n) is 11.8. The Balaban J connectivity index is 1.61. The van der Waals surface area contributed by atoms with Crippen molar-refractivity contribution < 1.29 is 13.6 Å². The molecule has 114 valence electrons. The summed E-state index contributed by atoms with van der Waals surface area (Å²) in [5.41, 5.74) is 1.28. The lowest BCUT2D eigenvalue weighted by Crippen LogP contribution is -2.50. The number of nitrogens with one attached hydrogen (secondary N) is 1. The molecule has 0 aliphatic carbocycles. The number of carbonyl (C=O) groups is 1. The minimum Gasteiger partial charge on any atom is -0.348 e. The molecule has 5 heteroatoms. The van der Waals surface area contributed by atoms with Crippen molar-refractivity contribution in [3.63, 3.8) is 0 Å². The third-order valence-corrected chi connectivity index (χ3v) is 4.64. The molecule has 3 nitrogen and oxygen atoms in total. The lowest BCUT2D eigenvalue weighted by molar-refractivity contribution is -0.133. The van der Waals surface area contributed by atoms with Crippen LogP contribution < -0.4 is 5.32 Å². The van der Waals surface area contributed by atoms with E-state index in [0.717, 1.165) is 32.2 Å². The number of benzene rings is 1. The number of hydrogen-bond acceptors (Lipinski definition) is 2. The quantitative estimate of drug-likeness (QED) is 0.925. The van der Waals surface area contributed by atoms with Gasteiger partial charge < -0.3 is 5.32 Å². The highest BCUT2D eigenvalue weighted by atomic mass is 19.3. The van der Waals surface area contributed by atoms with Crippen molar-refractivity contribution in [2.24, 2.45) is 0 Å². The summed E-state index contributed by atoms with van der Waals surface area (Å²) in [5.74, 6) is -1.13. The third-order valence-electron chi connectivity index (χ3n) is 4.64. The second-order valence-electron chi connectivity index (χ2n) is 6.02. The van der Waals surface area contributed by atoms with Crippen LogP contribution in [-0.2, 0) is 11.3 Å². The molecule has 0 spiro atoms. The average Bonchev–Trinajstić information content (AvgIpc) is 2.71. The van der Waals surface area contributed by atoms with Gasteiger partial charge in [0.25, 0.3) is 5.91 Å². The highest BCUT2D eigenvalue weighted by Crippen LogP contribution is 2.36. The molecule has 2 aliphatic rings. The van der Waals surface area contributed by atoms with Crippen LogP contribution in [0.3, 0.4) is 0 Å². The van der Waals surface area contributed by atoms with Gasteiger partial charge in [-0.2, -0.15) is 8.78 Å². The fraction of sp³-hybridized carbons (Fsp3) is 0.562. The fourth-order valence-corrected chi connectivity index (χ4v) is 3.71. The maximum atomic E-state index is 12.3. The lowest BCUT2D eigenvalue weighted by atomic mass is 9.96. The van der Waals surface area contributed by atoms with Gasteiger partial charge in [-0.3, -0.25) is 9.69 Å². The van der Waals surface area contributed by atoms with Gasteiger partial charge in [-0.25, -0.2) is 0 Å². The maximum Gasteiger partial charge on any atom is 0.315 e. The molecular weight excluding hydrogens is 274 g/mol. The molecule has 2 saturated heterocycles. The largest absolute Gasteiger partial charge is 0.348 e. The smallest absolute Gasteiger partial charge is 0.315 e. The van der Waals surface area contributed by atoms with Crippen molar-refractivity contribution in [2.75, 3.05) is 0 Å². The minimum absolute atomic E-state index is 0.101. The van der Waals surface area contributed by atoms with Crippen LogP contribution in [0.5, 0.6) is 0 Å². The van der Waals surface area contributed by atoms with Gasteiger partial charge in [0.2, 0.25) is 0 Å². The molecule has 21 heavy (non-hydrogen) atoms. The highest BCUT2D eigenvalue weighted by Gasteiger charge is 2.41. The van der Waals surface area contributed by atoms with E-state index in [-0.39, 0.29) is 6.04 Å². The number of nitrogens with zero attached hydrogens (tertiary/aromatic N) is 1. The van der Waals surface area contributed by atoms with Crippen molar-refractivity contribution in [1.29, 1.82) is 0 Å². The number of piperidine rings is 1. The molecule has 2 atom stereocenters. The summed E-state index contributed by atoms with van der Waals surface area (Å²) in [7, 11) is 0. The molecule has 0 saturated carbocycles. The number of rotatable bonds is 4. The van der Waals surface area contributed by atoms with E-state index in [0.29, 0.717) is 12.1 Å². The molecule has 2 unspecified atom stereocenters. The molecule has 2 aliphatic heterocycles. The molecule has 3 rings (SSSR count). The number of fused-ring (bicyclic) bond motifs is 2. The number of halogens is 2. The van der Waals surface area contributed by atoms with Gasteiger partial charge in [0.1, 0.15) is 0 Å². The van der Waals surface area contributed by atoms with E-state index in [9.17, 15) is 13.6 Å². The van der Waals surface area contributed by atoms with E-state index < -0.39 is 12.3 Å². The molecule has 2 heterocycles. The van der Waals surface area contributed by atoms with Gasteiger partial charge in [0, 0.05) is 24.7 Å². The Hall–Kier alpha value is -1.49. The van der Waals surface area contributed by atoms with Gasteiger partial charge in [0.15, 0.2) is 0 Å². The first-order chi connectivity index (χ1) is 10.1. The molecule has 2 fully saturated rings. The van der Waals surface area contributed by atoms with Crippen LogP contribution in [0.1, 0.15) is 31.2 Å². The van der Waals surface area contributed by atoms with Gasteiger partial charge in [0.05, 0.1) is 0 Å². The number of carbonyl (C=O) groups excluding carboxylic acids is 1. The van der Waals surface area contributed by atoms with E-state index in [2.05, 4.69) is 22.3 Å². The predicted octanol–water partition coefficient (Wildman–Crippen LogP) is 2.56. The van der Waals surface area contributed by atoms with E-state index in [4.69, 9.17) is 0 Å². The third kappa shape index (κ3) is 3.23. The van der Waals surface area contributed by atoms with Crippen molar-refractivity contribution in [1.82, 2.24) is 10.2 Å². The Morgan fingerprint density at radius 3 is 2.38 bits per heavy atom. The van der Waals surface area contributed by atoms with Crippen LogP contribution in [0.25, 0.3) is 0 Å². The maximum absolute atomic E-state index is 12.3. The molecular formula is C16H20F2N2O. The molecule has 1 aromatic rings. The van der Waals surface area contributed by atoms with Crippen LogP contribution in [-0.4, -0.2) is 35.4 Å². The molecule has 1 N–H and O–H groups in total. The number of alkyl halides is 2. The van der Waals surface area contributed by atoms with Crippen molar-refractivity contribution in [3.05, 3.63) is 35.9 Å². The van der Waals surface area contributed by atoms with Crippen LogP contribution in [0.15, 0.2) is 30.3 Å². The first kappa shape index (κ1) is 14.4. The SMILES string of the molecule is O=C(NC1CC2CCC(C1)N2Cc1ccccc1)C(F)F. The van der Waals surface area contributed by atoms with E-state index in [1.807, 2.05) is 18.2 Å². The normalized spacial score (nSPS) is 28.8.